The van der Waals surface area contributed by atoms with Crippen molar-refractivity contribution >= 4 is 11.9 Å². The van der Waals surface area contributed by atoms with Crippen molar-refractivity contribution in [1.29, 1.82) is 0 Å². The predicted molar refractivity (Wildman–Crippen MR) is 41.4 cm³/mol. The Balaban J connectivity index is 4.00. The molecule has 0 aliphatic rings. The molecule has 7 nitrogen and oxygen atoms in total. The van der Waals surface area contributed by atoms with Crippen LogP contribution in [0.4, 0.5) is 0 Å². The number of ether oxygens (including phenoxy) is 2. The molecule has 7 heteroatoms. The zero-order valence-corrected chi connectivity index (χ0v) is 8.36. The minimum Gasteiger partial charge on any atom is -0.344 e. The van der Waals surface area contributed by atoms with Crippen LogP contribution in [0.25, 0.3) is 0 Å². The smallest absolute Gasteiger partial charge is 0.344 e. The lowest BCUT2D eigenvalue weighted by atomic mass is 10.3. The highest BCUT2D eigenvalue weighted by Crippen LogP contribution is 2.12. The summed E-state index contributed by atoms with van der Waals surface area (Å²) < 4.78 is 9.38. The molecule has 0 unspecified atom stereocenters. The maximum absolute atomic E-state index is 11.1. The van der Waals surface area contributed by atoms with Gasteiger partial charge in [-0.3, -0.25) is 9.78 Å². The second kappa shape index (κ2) is 5.53. The molecule has 0 aliphatic carbocycles. The third kappa shape index (κ3) is 3.69. The van der Waals surface area contributed by atoms with E-state index in [1.54, 1.807) is 0 Å². The average Bonchev–Trinajstić information content (AvgIpc) is 2.15. The van der Waals surface area contributed by atoms with Crippen molar-refractivity contribution in [3.63, 3.8) is 0 Å². The molecule has 0 atom stereocenters. The van der Waals surface area contributed by atoms with Gasteiger partial charge in [0.2, 0.25) is 0 Å². The molecule has 14 heavy (non-hydrogen) atoms. The van der Waals surface area contributed by atoms with Gasteiger partial charge in [0.05, 0.1) is 0 Å². The van der Waals surface area contributed by atoms with E-state index in [4.69, 9.17) is 0 Å². The highest BCUT2D eigenvalue weighted by Gasteiger charge is 2.36. The molecule has 0 spiro atoms. The topological polar surface area (TPSA) is 80.3 Å². The van der Waals surface area contributed by atoms with Crippen molar-refractivity contribution in [3.05, 3.63) is 0 Å². The number of methoxy groups -OCH3 is 2. The van der Waals surface area contributed by atoms with Crippen LogP contribution in [0.5, 0.6) is 0 Å². The summed E-state index contributed by atoms with van der Waals surface area (Å²) in [6.07, 6.45) is 0. The van der Waals surface area contributed by atoms with Gasteiger partial charge in [0.1, 0.15) is 0 Å². The number of rotatable bonds is 5. The van der Waals surface area contributed by atoms with Crippen LogP contribution in [0.2, 0.25) is 0 Å². The summed E-state index contributed by atoms with van der Waals surface area (Å²) >= 11 is 0. The lowest BCUT2D eigenvalue weighted by Gasteiger charge is -2.21. The molecule has 0 rings (SSSR count). The fraction of sp³-hybridized carbons (Fsp3) is 0.714. The lowest BCUT2D eigenvalue weighted by Crippen LogP contribution is -2.40. The first-order valence-electron chi connectivity index (χ1n) is 3.62. The van der Waals surface area contributed by atoms with E-state index in [0.717, 1.165) is 6.92 Å². The van der Waals surface area contributed by atoms with E-state index < -0.39 is 17.7 Å². The fourth-order valence-corrected chi connectivity index (χ4v) is 0.422. The Labute approximate surface area is 80.7 Å². The summed E-state index contributed by atoms with van der Waals surface area (Å²) in [5, 5.41) is 3.85. The van der Waals surface area contributed by atoms with Gasteiger partial charge in [-0.05, 0) is 0 Å². The summed E-state index contributed by atoms with van der Waals surface area (Å²) in [6, 6.07) is 0. The molecule has 0 N–H and O–H groups in total. The Morgan fingerprint density at radius 3 is 1.93 bits per heavy atom. The van der Waals surface area contributed by atoms with Crippen LogP contribution in [-0.2, 0) is 33.9 Å². The van der Waals surface area contributed by atoms with Crippen LogP contribution < -0.4 is 0 Å². The van der Waals surface area contributed by atoms with Crippen LogP contribution in [-0.4, -0.2) is 31.9 Å². The minimum absolute atomic E-state index is 0.755. The van der Waals surface area contributed by atoms with Crippen LogP contribution in [0.1, 0.15) is 13.8 Å². The minimum atomic E-state index is -1.60. The summed E-state index contributed by atoms with van der Waals surface area (Å²) in [5.41, 5.74) is 0. The molecule has 0 aromatic heterocycles. The van der Waals surface area contributed by atoms with Crippen LogP contribution >= 0.6 is 0 Å². The lowest BCUT2D eigenvalue weighted by molar-refractivity contribution is -0.465. The van der Waals surface area contributed by atoms with Gasteiger partial charge in [0.15, 0.2) is 0 Å². The van der Waals surface area contributed by atoms with E-state index >= 15 is 0 Å². The van der Waals surface area contributed by atoms with Gasteiger partial charge in [0, 0.05) is 33.1 Å². The van der Waals surface area contributed by atoms with E-state index in [0.29, 0.717) is 0 Å². The van der Waals surface area contributed by atoms with Gasteiger partial charge < -0.3 is 9.47 Å². The van der Waals surface area contributed by atoms with E-state index in [2.05, 4.69) is 24.3 Å². The molecule has 0 amide bonds. The summed E-state index contributed by atoms with van der Waals surface area (Å²) in [4.78, 5) is 29.3. The number of carbonyl (C=O) groups is 2. The average molecular weight is 208 g/mol. The van der Waals surface area contributed by atoms with E-state index in [1.165, 1.54) is 21.1 Å². The van der Waals surface area contributed by atoms with Gasteiger partial charge >= 0.3 is 11.9 Å². The molecular formula is C7H12O7. The molecule has 0 heterocycles. The first-order chi connectivity index (χ1) is 6.46. The predicted octanol–water partition coefficient (Wildman–Crippen LogP) is -0.0517. The molecule has 82 valence electrons. The van der Waals surface area contributed by atoms with Gasteiger partial charge in [-0.2, -0.15) is 0 Å². The maximum atomic E-state index is 11.1. The molecule has 0 aliphatic heterocycles. The van der Waals surface area contributed by atoms with Crippen molar-refractivity contribution in [1.82, 2.24) is 0 Å². The summed E-state index contributed by atoms with van der Waals surface area (Å²) in [6.45, 7) is 2.39. The third-order valence-electron chi connectivity index (χ3n) is 1.41. The molecule has 0 fully saturated rings. The summed E-state index contributed by atoms with van der Waals surface area (Å²) in [7, 11) is 2.49. The Bertz CT molecular complexity index is 208. The van der Waals surface area contributed by atoms with E-state index in [-0.39, 0.29) is 0 Å². The number of hydrogen-bond acceptors (Lipinski definition) is 7. The summed E-state index contributed by atoms with van der Waals surface area (Å²) in [5.74, 6) is -3.33. The highest BCUT2D eigenvalue weighted by atomic mass is 17.5. The molecular weight excluding hydrogens is 196 g/mol. The van der Waals surface area contributed by atoms with E-state index in [9.17, 15) is 9.59 Å². The van der Waals surface area contributed by atoms with E-state index in [1.807, 2.05) is 0 Å². The zero-order valence-electron chi connectivity index (χ0n) is 8.36. The fourth-order valence-electron chi connectivity index (χ4n) is 0.422. The van der Waals surface area contributed by atoms with Crippen LogP contribution in [0, 0.1) is 0 Å². The molecule has 0 saturated carbocycles. The Hall–Kier alpha value is -1.18. The molecule has 0 aromatic rings. The number of carbonyl (C=O) groups excluding carboxylic acids is 2. The quantitative estimate of drug-likeness (QED) is 0.356. The number of hydrogen-bond donors (Lipinski definition) is 0. The van der Waals surface area contributed by atoms with Gasteiger partial charge in [0.25, 0.3) is 5.79 Å². The molecule has 0 bridgehead atoms. The van der Waals surface area contributed by atoms with Gasteiger partial charge in [-0.25, -0.2) is 9.59 Å². The first kappa shape index (κ1) is 12.8. The Morgan fingerprint density at radius 2 is 1.57 bits per heavy atom. The zero-order chi connectivity index (χ0) is 11.2. The third-order valence-corrected chi connectivity index (χ3v) is 1.41. The Morgan fingerprint density at radius 1 is 1.07 bits per heavy atom. The molecule has 0 aromatic carbocycles. The van der Waals surface area contributed by atoms with Crippen molar-refractivity contribution < 1.29 is 33.9 Å². The van der Waals surface area contributed by atoms with Crippen LogP contribution in [0.15, 0.2) is 0 Å². The van der Waals surface area contributed by atoms with Crippen molar-refractivity contribution in [2.45, 2.75) is 19.6 Å². The maximum Gasteiger partial charge on any atom is 0.405 e. The largest absolute Gasteiger partial charge is 0.405 e. The van der Waals surface area contributed by atoms with Gasteiger partial charge in [-0.15, -0.1) is 0 Å². The van der Waals surface area contributed by atoms with Gasteiger partial charge in [-0.1, -0.05) is 0 Å². The SMILES string of the molecule is COC(C)(OC)C(=O)OOOC(C)=O. The highest BCUT2D eigenvalue weighted by molar-refractivity contribution is 5.76. The molecule has 0 saturated heterocycles. The van der Waals surface area contributed by atoms with Crippen molar-refractivity contribution in [3.8, 4) is 0 Å². The monoisotopic (exact) mass is 208 g/mol. The van der Waals surface area contributed by atoms with Crippen molar-refractivity contribution in [2.24, 2.45) is 0 Å². The normalized spacial score (nSPS) is 10.9. The second-order valence-corrected chi connectivity index (χ2v) is 2.37. The standard InChI is InChI=1S/C7H12O7/c1-5(8)12-14-13-6(9)7(2,10-3)11-4/h1-4H3. The first-order valence-corrected chi connectivity index (χ1v) is 3.62. The van der Waals surface area contributed by atoms with Crippen molar-refractivity contribution in [2.75, 3.05) is 14.2 Å². The van der Waals surface area contributed by atoms with Crippen LogP contribution in [0.3, 0.4) is 0 Å². The molecule has 0 radical (unpaired) electrons. The Kier molecular flexibility index (Phi) is 5.06. The second-order valence-electron chi connectivity index (χ2n) is 2.37.